The third-order valence-corrected chi connectivity index (χ3v) is 4.38. The van der Waals surface area contributed by atoms with Gasteiger partial charge in [-0.3, -0.25) is 0 Å². The quantitative estimate of drug-likeness (QED) is 0.755. The van der Waals surface area contributed by atoms with Crippen molar-refractivity contribution < 1.29 is 5.11 Å². The number of hydrogen-bond donors (Lipinski definition) is 2. The Morgan fingerprint density at radius 1 is 1.06 bits per heavy atom. The number of aliphatic hydroxyl groups excluding tert-OH is 1. The Labute approximate surface area is 110 Å². The molecule has 3 rings (SSSR count). The summed E-state index contributed by atoms with van der Waals surface area (Å²) in [7, 11) is 0. The zero-order valence-electron chi connectivity index (χ0n) is 9.97. The van der Waals surface area contributed by atoms with Crippen LogP contribution in [-0.2, 0) is 0 Å². The molecule has 0 saturated heterocycles. The molecule has 0 aliphatic carbocycles. The van der Waals surface area contributed by atoms with E-state index in [1.54, 1.807) is 11.3 Å². The van der Waals surface area contributed by atoms with Crippen LogP contribution in [0.1, 0.15) is 18.1 Å². The van der Waals surface area contributed by atoms with Gasteiger partial charge in [0.25, 0.3) is 0 Å². The van der Waals surface area contributed by atoms with E-state index in [4.69, 9.17) is 5.73 Å². The van der Waals surface area contributed by atoms with Crippen molar-refractivity contribution in [3.8, 4) is 0 Å². The molecular weight excluding hydrogens is 242 g/mol. The van der Waals surface area contributed by atoms with Crippen LogP contribution in [0.25, 0.3) is 20.2 Å². The van der Waals surface area contributed by atoms with E-state index in [2.05, 4.69) is 36.4 Å². The molecule has 0 saturated carbocycles. The van der Waals surface area contributed by atoms with Crippen LogP contribution in [-0.4, -0.2) is 11.7 Å². The molecular formula is C15H15NOS. The first-order valence-electron chi connectivity index (χ1n) is 6.09. The van der Waals surface area contributed by atoms with E-state index >= 15 is 0 Å². The van der Waals surface area contributed by atoms with Crippen molar-refractivity contribution in [3.63, 3.8) is 0 Å². The van der Waals surface area contributed by atoms with Gasteiger partial charge in [-0.25, -0.2) is 0 Å². The Balaban J connectivity index is 2.18. The zero-order valence-corrected chi connectivity index (χ0v) is 10.8. The molecule has 92 valence electrons. The number of rotatable bonds is 3. The van der Waals surface area contributed by atoms with Crippen LogP contribution in [0.5, 0.6) is 0 Å². The molecule has 3 N–H and O–H groups in total. The van der Waals surface area contributed by atoms with Crippen LogP contribution in [0, 0.1) is 0 Å². The number of nitrogens with two attached hydrogens (primary N) is 1. The lowest BCUT2D eigenvalue weighted by molar-refractivity contribution is 0.170. The molecule has 2 nitrogen and oxygen atoms in total. The summed E-state index contributed by atoms with van der Waals surface area (Å²) >= 11 is 1.79. The molecule has 0 aliphatic rings. The highest BCUT2D eigenvalue weighted by molar-refractivity contribution is 7.25. The highest BCUT2D eigenvalue weighted by Crippen LogP contribution is 2.35. The molecule has 0 amide bonds. The van der Waals surface area contributed by atoms with Crippen molar-refractivity contribution in [3.05, 3.63) is 48.0 Å². The fraction of sp³-hybridized carbons (Fsp3) is 0.200. The number of benzene rings is 2. The molecule has 2 aromatic carbocycles. The van der Waals surface area contributed by atoms with Crippen molar-refractivity contribution in [2.24, 2.45) is 5.73 Å². The topological polar surface area (TPSA) is 46.2 Å². The lowest BCUT2D eigenvalue weighted by Crippen LogP contribution is -2.06. The van der Waals surface area contributed by atoms with Gasteiger partial charge in [0.1, 0.15) is 0 Å². The Morgan fingerprint density at radius 3 is 2.67 bits per heavy atom. The van der Waals surface area contributed by atoms with E-state index in [0.29, 0.717) is 13.0 Å². The molecule has 1 aromatic heterocycles. The average molecular weight is 257 g/mol. The van der Waals surface area contributed by atoms with Gasteiger partial charge < -0.3 is 10.8 Å². The van der Waals surface area contributed by atoms with Crippen LogP contribution in [0.15, 0.2) is 42.5 Å². The van der Waals surface area contributed by atoms with Crippen molar-refractivity contribution in [2.45, 2.75) is 12.5 Å². The third kappa shape index (κ3) is 1.90. The molecule has 1 heterocycles. The molecule has 3 aromatic rings. The van der Waals surface area contributed by atoms with Gasteiger partial charge in [0.2, 0.25) is 0 Å². The SMILES string of the molecule is NCCC(O)c1ccc2sc3ccccc3c2c1. The Morgan fingerprint density at radius 2 is 1.83 bits per heavy atom. The van der Waals surface area contributed by atoms with Crippen LogP contribution in [0.3, 0.4) is 0 Å². The second-order valence-corrected chi connectivity index (χ2v) is 5.53. The summed E-state index contributed by atoms with van der Waals surface area (Å²) in [5.41, 5.74) is 6.45. The predicted octanol–water partition coefficient (Wildman–Crippen LogP) is 3.44. The Kier molecular flexibility index (Phi) is 3.04. The third-order valence-electron chi connectivity index (χ3n) is 3.23. The predicted molar refractivity (Wildman–Crippen MR) is 78.0 cm³/mol. The maximum Gasteiger partial charge on any atom is 0.0802 e. The van der Waals surface area contributed by atoms with E-state index in [0.717, 1.165) is 5.56 Å². The molecule has 18 heavy (non-hydrogen) atoms. The minimum atomic E-state index is -0.460. The van der Waals surface area contributed by atoms with Gasteiger partial charge in [-0.15, -0.1) is 11.3 Å². The molecule has 1 unspecified atom stereocenters. The molecule has 0 spiro atoms. The van der Waals surface area contributed by atoms with E-state index < -0.39 is 6.10 Å². The first-order chi connectivity index (χ1) is 8.79. The molecule has 0 radical (unpaired) electrons. The van der Waals surface area contributed by atoms with Gasteiger partial charge in [-0.05, 0) is 36.7 Å². The van der Waals surface area contributed by atoms with Crippen LogP contribution >= 0.6 is 11.3 Å². The van der Waals surface area contributed by atoms with Crippen molar-refractivity contribution in [1.29, 1.82) is 0 Å². The maximum atomic E-state index is 10.0. The van der Waals surface area contributed by atoms with Gasteiger partial charge in [-0.2, -0.15) is 0 Å². The normalized spacial score (nSPS) is 13.2. The van der Waals surface area contributed by atoms with E-state index in [9.17, 15) is 5.11 Å². The lowest BCUT2D eigenvalue weighted by atomic mass is 10.0. The molecule has 0 bridgehead atoms. The smallest absolute Gasteiger partial charge is 0.0802 e. The molecule has 3 heteroatoms. The second kappa shape index (κ2) is 4.69. The van der Waals surface area contributed by atoms with E-state index in [1.165, 1.54) is 20.2 Å². The fourth-order valence-electron chi connectivity index (χ4n) is 2.28. The van der Waals surface area contributed by atoms with Crippen LogP contribution in [0.4, 0.5) is 0 Å². The minimum absolute atomic E-state index is 0.460. The van der Waals surface area contributed by atoms with Crippen molar-refractivity contribution >= 4 is 31.5 Å². The molecule has 0 fully saturated rings. The Hall–Kier alpha value is -1.42. The van der Waals surface area contributed by atoms with Gasteiger partial charge >= 0.3 is 0 Å². The van der Waals surface area contributed by atoms with Gasteiger partial charge in [-0.1, -0.05) is 24.3 Å². The summed E-state index contributed by atoms with van der Waals surface area (Å²) in [5.74, 6) is 0. The number of aliphatic hydroxyl groups is 1. The average Bonchev–Trinajstić information content (AvgIpc) is 2.76. The highest BCUT2D eigenvalue weighted by Gasteiger charge is 2.10. The standard InChI is InChI=1S/C15H15NOS/c16-8-7-13(17)10-5-6-15-12(9-10)11-3-1-2-4-14(11)18-15/h1-6,9,13,17H,7-8,16H2. The van der Waals surface area contributed by atoms with Gasteiger partial charge in [0.15, 0.2) is 0 Å². The first kappa shape index (κ1) is 11.7. The Bertz CT molecular complexity index is 689. The van der Waals surface area contributed by atoms with Gasteiger partial charge in [0.05, 0.1) is 6.10 Å². The van der Waals surface area contributed by atoms with E-state index in [-0.39, 0.29) is 0 Å². The van der Waals surface area contributed by atoms with Gasteiger partial charge in [0, 0.05) is 20.2 Å². The zero-order chi connectivity index (χ0) is 12.5. The summed E-state index contributed by atoms with van der Waals surface area (Å²) in [6, 6.07) is 14.6. The van der Waals surface area contributed by atoms with Crippen LogP contribution in [0.2, 0.25) is 0 Å². The number of thiophene rings is 1. The highest BCUT2D eigenvalue weighted by atomic mass is 32.1. The summed E-state index contributed by atoms with van der Waals surface area (Å²) < 4.78 is 2.55. The second-order valence-electron chi connectivity index (χ2n) is 4.45. The van der Waals surface area contributed by atoms with E-state index in [1.807, 2.05) is 6.07 Å². The minimum Gasteiger partial charge on any atom is -0.388 e. The molecule has 1 atom stereocenters. The van der Waals surface area contributed by atoms with Crippen molar-refractivity contribution in [2.75, 3.05) is 6.54 Å². The summed E-state index contributed by atoms with van der Waals surface area (Å²) in [5, 5.41) is 12.5. The fourth-order valence-corrected chi connectivity index (χ4v) is 3.36. The number of hydrogen-bond acceptors (Lipinski definition) is 3. The number of fused-ring (bicyclic) bond motifs is 3. The maximum absolute atomic E-state index is 10.0. The summed E-state index contributed by atoms with van der Waals surface area (Å²) in [6.07, 6.45) is 0.145. The summed E-state index contributed by atoms with van der Waals surface area (Å²) in [6.45, 7) is 0.504. The lowest BCUT2D eigenvalue weighted by Gasteiger charge is -2.09. The first-order valence-corrected chi connectivity index (χ1v) is 6.90. The summed E-state index contributed by atoms with van der Waals surface area (Å²) in [4.78, 5) is 0. The molecule has 0 aliphatic heterocycles. The van der Waals surface area contributed by atoms with Crippen LogP contribution < -0.4 is 5.73 Å². The van der Waals surface area contributed by atoms with Crippen molar-refractivity contribution in [1.82, 2.24) is 0 Å². The monoisotopic (exact) mass is 257 g/mol. The largest absolute Gasteiger partial charge is 0.388 e.